The Balaban J connectivity index is 2.48. The number of halogens is 3. The van der Waals surface area contributed by atoms with Crippen molar-refractivity contribution in [3.05, 3.63) is 57.0 Å². The van der Waals surface area contributed by atoms with Crippen LogP contribution in [0, 0.1) is 0 Å². The molecule has 0 fully saturated rings. The number of hydrogen-bond acceptors (Lipinski definition) is 5. The molecule has 0 aliphatic carbocycles. The molecule has 0 heterocycles. The standard InChI is InChI=1S/C24H30Cl3N3O5S/c1-5-11-28-24(32)21(6-2)29(14-16-7-9-17(35-3)10-8-16)23(31)15-30(36(4,33)34)22-13-19(26)18(25)12-20(22)27/h7-10,12-13,21H,5-6,11,14-15H2,1-4H3,(H,28,32)/t21-/m1/s1. The highest BCUT2D eigenvalue weighted by molar-refractivity contribution is 7.92. The number of nitrogens with one attached hydrogen (secondary N) is 1. The molecule has 2 amide bonds. The molecular formula is C24H30Cl3N3O5S. The third-order valence-electron chi connectivity index (χ3n) is 5.38. The molecule has 0 bridgehead atoms. The van der Waals surface area contributed by atoms with Gasteiger partial charge >= 0.3 is 0 Å². The van der Waals surface area contributed by atoms with E-state index in [2.05, 4.69) is 5.32 Å². The first-order chi connectivity index (χ1) is 16.9. The van der Waals surface area contributed by atoms with Crippen molar-refractivity contribution in [3.63, 3.8) is 0 Å². The highest BCUT2D eigenvalue weighted by atomic mass is 35.5. The second kappa shape index (κ2) is 13.4. The zero-order chi connectivity index (χ0) is 27.0. The monoisotopic (exact) mass is 577 g/mol. The van der Waals surface area contributed by atoms with Gasteiger partial charge in [-0.05, 0) is 42.7 Å². The van der Waals surface area contributed by atoms with Gasteiger partial charge in [0.1, 0.15) is 18.3 Å². The predicted octanol–water partition coefficient (Wildman–Crippen LogP) is 4.76. The molecule has 12 heteroatoms. The average Bonchev–Trinajstić information content (AvgIpc) is 2.83. The Hall–Kier alpha value is -2.20. The molecule has 0 aliphatic rings. The molecule has 0 spiro atoms. The van der Waals surface area contributed by atoms with Crippen molar-refractivity contribution in [2.24, 2.45) is 0 Å². The van der Waals surface area contributed by atoms with Gasteiger partial charge in [0.15, 0.2) is 0 Å². The SMILES string of the molecule is CCCNC(=O)[C@@H](CC)N(Cc1ccc(OC)cc1)C(=O)CN(c1cc(Cl)c(Cl)cc1Cl)S(C)(=O)=O. The lowest BCUT2D eigenvalue weighted by Crippen LogP contribution is -2.52. The Morgan fingerprint density at radius 3 is 2.17 bits per heavy atom. The van der Waals surface area contributed by atoms with Gasteiger partial charge in [0.05, 0.1) is 34.1 Å². The number of carbonyl (C=O) groups excluding carboxylic acids is 2. The molecule has 2 rings (SSSR count). The second-order valence-electron chi connectivity index (χ2n) is 8.07. The fourth-order valence-electron chi connectivity index (χ4n) is 3.51. The number of ether oxygens (including phenoxy) is 1. The van der Waals surface area contributed by atoms with Gasteiger partial charge in [-0.15, -0.1) is 0 Å². The van der Waals surface area contributed by atoms with Gasteiger partial charge < -0.3 is 15.0 Å². The molecule has 198 valence electrons. The van der Waals surface area contributed by atoms with Crippen molar-refractivity contribution in [3.8, 4) is 5.75 Å². The first kappa shape index (κ1) is 30.0. The normalized spacial score (nSPS) is 12.1. The third kappa shape index (κ3) is 7.90. The van der Waals surface area contributed by atoms with Crippen molar-refractivity contribution in [2.45, 2.75) is 39.3 Å². The maximum Gasteiger partial charge on any atom is 0.244 e. The number of hydrogen-bond donors (Lipinski definition) is 1. The summed E-state index contributed by atoms with van der Waals surface area (Å²) in [6.07, 6.45) is 2.01. The molecular weight excluding hydrogens is 549 g/mol. The molecule has 8 nitrogen and oxygen atoms in total. The number of amides is 2. The Kier molecular flexibility index (Phi) is 11.2. The van der Waals surface area contributed by atoms with Crippen molar-refractivity contribution < 1.29 is 22.7 Å². The van der Waals surface area contributed by atoms with Gasteiger partial charge in [0.25, 0.3) is 0 Å². The quantitative estimate of drug-likeness (QED) is 0.367. The Labute approximate surface area is 227 Å². The first-order valence-electron chi connectivity index (χ1n) is 11.2. The van der Waals surface area contributed by atoms with E-state index in [1.165, 1.54) is 17.0 Å². The molecule has 0 saturated carbocycles. The van der Waals surface area contributed by atoms with Crippen LogP contribution in [0.3, 0.4) is 0 Å². The van der Waals surface area contributed by atoms with Crippen molar-refractivity contribution in [2.75, 3.05) is 30.8 Å². The van der Waals surface area contributed by atoms with Crippen molar-refractivity contribution >= 4 is 62.3 Å². The number of rotatable bonds is 12. The minimum Gasteiger partial charge on any atom is -0.497 e. The van der Waals surface area contributed by atoms with Crippen LogP contribution in [0.25, 0.3) is 0 Å². The maximum atomic E-state index is 13.7. The summed E-state index contributed by atoms with van der Waals surface area (Å²) < 4.78 is 31.5. The summed E-state index contributed by atoms with van der Waals surface area (Å²) in [5, 5.41) is 3.06. The van der Waals surface area contributed by atoms with E-state index in [1.54, 1.807) is 38.3 Å². The van der Waals surface area contributed by atoms with E-state index in [0.29, 0.717) is 18.7 Å². The number of benzene rings is 2. The topological polar surface area (TPSA) is 96.0 Å². The van der Waals surface area contributed by atoms with Crippen LogP contribution in [0.1, 0.15) is 32.3 Å². The molecule has 1 atom stereocenters. The van der Waals surface area contributed by atoms with E-state index in [-0.39, 0.29) is 33.2 Å². The minimum atomic E-state index is -3.96. The summed E-state index contributed by atoms with van der Waals surface area (Å²) in [5.74, 6) is -0.265. The molecule has 0 radical (unpaired) electrons. The van der Waals surface area contributed by atoms with Gasteiger partial charge in [0.2, 0.25) is 21.8 Å². The maximum absolute atomic E-state index is 13.7. The van der Waals surface area contributed by atoms with Gasteiger partial charge in [-0.1, -0.05) is 60.8 Å². The Morgan fingerprint density at radius 1 is 1.03 bits per heavy atom. The van der Waals surface area contributed by atoms with Crippen LogP contribution in [0.2, 0.25) is 15.1 Å². The first-order valence-corrected chi connectivity index (χ1v) is 14.2. The molecule has 0 saturated heterocycles. The van der Waals surface area contributed by atoms with Crippen LogP contribution >= 0.6 is 34.8 Å². The largest absolute Gasteiger partial charge is 0.497 e. The molecule has 2 aromatic rings. The zero-order valence-corrected chi connectivity index (χ0v) is 23.6. The average molecular weight is 579 g/mol. The summed E-state index contributed by atoms with van der Waals surface area (Å²) in [7, 11) is -2.42. The molecule has 2 aromatic carbocycles. The van der Waals surface area contributed by atoms with E-state index in [4.69, 9.17) is 39.5 Å². The highest BCUT2D eigenvalue weighted by Gasteiger charge is 2.32. The summed E-state index contributed by atoms with van der Waals surface area (Å²) in [6.45, 7) is 3.65. The summed E-state index contributed by atoms with van der Waals surface area (Å²) in [4.78, 5) is 28.0. The number of carbonyl (C=O) groups is 2. The van der Waals surface area contributed by atoms with Crippen molar-refractivity contribution in [1.29, 1.82) is 0 Å². The summed E-state index contributed by atoms with van der Waals surface area (Å²) in [5.41, 5.74) is 0.749. The van der Waals surface area contributed by atoms with Gasteiger partial charge in [-0.2, -0.15) is 0 Å². The van der Waals surface area contributed by atoms with E-state index < -0.39 is 28.5 Å². The third-order valence-corrected chi connectivity index (χ3v) is 7.54. The van der Waals surface area contributed by atoms with Gasteiger partial charge in [-0.25, -0.2) is 8.42 Å². The number of methoxy groups -OCH3 is 1. The van der Waals surface area contributed by atoms with Gasteiger partial charge in [-0.3, -0.25) is 13.9 Å². The molecule has 1 N–H and O–H groups in total. The molecule has 0 aliphatic heterocycles. The molecule has 0 unspecified atom stereocenters. The fraction of sp³-hybridized carbons (Fsp3) is 0.417. The van der Waals surface area contributed by atoms with Crippen LogP contribution in [0.5, 0.6) is 5.75 Å². The number of anilines is 1. The number of sulfonamides is 1. The fourth-order valence-corrected chi connectivity index (χ4v) is 5.06. The number of nitrogens with zero attached hydrogens (tertiary/aromatic N) is 2. The van der Waals surface area contributed by atoms with Crippen LogP contribution < -0.4 is 14.4 Å². The van der Waals surface area contributed by atoms with Crippen LogP contribution in [0.4, 0.5) is 5.69 Å². The Morgan fingerprint density at radius 2 is 1.64 bits per heavy atom. The van der Waals surface area contributed by atoms with E-state index in [1.807, 2.05) is 6.92 Å². The van der Waals surface area contributed by atoms with Crippen molar-refractivity contribution in [1.82, 2.24) is 10.2 Å². The van der Waals surface area contributed by atoms with Gasteiger partial charge in [0, 0.05) is 13.1 Å². The van der Waals surface area contributed by atoms with Crippen LogP contribution in [0.15, 0.2) is 36.4 Å². The van der Waals surface area contributed by atoms with E-state index in [0.717, 1.165) is 22.5 Å². The van der Waals surface area contributed by atoms with Crippen LogP contribution in [-0.4, -0.2) is 57.6 Å². The molecule has 0 aromatic heterocycles. The zero-order valence-electron chi connectivity index (χ0n) is 20.6. The second-order valence-corrected chi connectivity index (χ2v) is 11.2. The lowest BCUT2D eigenvalue weighted by molar-refractivity contribution is -0.140. The minimum absolute atomic E-state index is 0.00907. The lowest BCUT2D eigenvalue weighted by atomic mass is 10.1. The highest BCUT2D eigenvalue weighted by Crippen LogP contribution is 2.35. The summed E-state index contributed by atoms with van der Waals surface area (Å²) in [6, 6.07) is 8.82. The predicted molar refractivity (Wildman–Crippen MR) is 145 cm³/mol. The summed E-state index contributed by atoms with van der Waals surface area (Å²) >= 11 is 18.4. The van der Waals surface area contributed by atoms with E-state index >= 15 is 0 Å². The Bertz CT molecular complexity index is 1180. The smallest absolute Gasteiger partial charge is 0.244 e. The van der Waals surface area contributed by atoms with Crippen LogP contribution in [-0.2, 0) is 26.2 Å². The van der Waals surface area contributed by atoms with E-state index in [9.17, 15) is 18.0 Å². The molecule has 36 heavy (non-hydrogen) atoms. The lowest BCUT2D eigenvalue weighted by Gasteiger charge is -2.33.